The zero-order valence-electron chi connectivity index (χ0n) is 14.6. The molecule has 0 unspecified atom stereocenters. The molecular weight excluding hydrogens is 316 g/mol. The Kier molecular flexibility index (Phi) is 4.44. The number of aryl methyl sites for hydroxylation is 1. The number of rotatable bonds is 5. The van der Waals surface area contributed by atoms with Crippen molar-refractivity contribution in [1.82, 2.24) is 14.7 Å². The quantitative estimate of drug-likeness (QED) is 0.908. The summed E-state index contributed by atoms with van der Waals surface area (Å²) in [4.78, 5) is 14.5. The summed E-state index contributed by atoms with van der Waals surface area (Å²) in [6, 6.07) is 7.75. The van der Waals surface area contributed by atoms with E-state index >= 15 is 0 Å². The molecular formula is C19H24N4O2. The molecule has 1 aromatic heterocycles. The van der Waals surface area contributed by atoms with E-state index in [0.717, 1.165) is 17.8 Å². The fraction of sp³-hybridized carbons (Fsp3) is 0.474. The second-order valence-electron chi connectivity index (χ2n) is 6.79. The third kappa shape index (κ3) is 3.54. The number of carbonyl (C=O) groups is 1. The van der Waals surface area contributed by atoms with Gasteiger partial charge < -0.3 is 15.0 Å². The standard InChI is InChI=1S/C19H24N4O2/c1-22-18(14-5-6-14)16(13-21-22)12-20-17-4-2-3-15(11-17)19(24)23-7-9-25-10-8-23/h2-4,11,13-14,20H,5-10,12H2,1H3. The summed E-state index contributed by atoms with van der Waals surface area (Å²) in [6.07, 6.45) is 4.47. The summed E-state index contributed by atoms with van der Waals surface area (Å²) in [7, 11) is 2.01. The van der Waals surface area contributed by atoms with Gasteiger partial charge in [-0.15, -0.1) is 0 Å². The Labute approximate surface area is 147 Å². The SMILES string of the molecule is Cn1ncc(CNc2cccc(C(=O)N3CCOCC3)c2)c1C1CC1. The number of anilines is 1. The van der Waals surface area contributed by atoms with E-state index in [2.05, 4.69) is 10.4 Å². The first-order valence-electron chi connectivity index (χ1n) is 8.94. The molecule has 0 bridgehead atoms. The van der Waals surface area contributed by atoms with Gasteiger partial charge in [-0.3, -0.25) is 9.48 Å². The van der Waals surface area contributed by atoms with E-state index < -0.39 is 0 Å². The van der Waals surface area contributed by atoms with Crippen LogP contribution in [-0.4, -0.2) is 46.9 Å². The molecule has 1 amide bonds. The first-order chi connectivity index (χ1) is 12.2. The summed E-state index contributed by atoms with van der Waals surface area (Å²) >= 11 is 0. The molecule has 6 nitrogen and oxygen atoms in total. The van der Waals surface area contributed by atoms with Gasteiger partial charge in [0.1, 0.15) is 0 Å². The van der Waals surface area contributed by atoms with Gasteiger partial charge in [-0.25, -0.2) is 0 Å². The van der Waals surface area contributed by atoms with Crippen molar-refractivity contribution in [2.45, 2.75) is 25.3 Å². The van der Waals surface area contributed by atoms with Crippen LogP contribution in [0.15, 0.2) is 30.5 Å². The number of ether oxygens (including phenoxy) is 1. The van der Waals surface area contributed by atoms with Crippen LogP contribution in [0.1, 0.15) is 40.4 Å². The maximum Gasteiger partial charge on any atom is 0.254 e. The molecule has 4 rings (SSSR count). The Morgan fingerprint density at radius 3 is 2.88 bits per heavy atom. The van der Waals surface area contributed by atoms with Crippen LogP contribution in [0.4, 0.5) is 5.69 Å². The Hall–Kier alpha value is -2.34. The smallest absolute Gasteiger partial charge is 0.254 e. The number of morpholine rings is 1. The fourth-order valence-corrected chi connectivity index (χ4v) is 3.42. The van der Waals surface area contributed by atoms with Crippen LogP contribution in [0.2, 0.25) is 0 Å². The molecule has 1 saturated heterocycles. The minimum absolute atomic E-state index is 0.0759. The Morgan fingerprint density at radius 2 is 2.12 bits per heavy atom. The Balaban J connectivity index is 1.44. The number of carbonyl (C=O) groups excluding carboxylic acids is 1. The van der Waals surface area contributed by atoms with Crippen molar-refractivity contribution >= 4 is 11.6 Å². The van der Waals surface area contributed by atoms with Gasteiger partial charge in [-0.1, -0.05) is 6.07 Å². The van der Waals surface area contributed by atoms with Crippen LogP contribution in [0.5, 0.6) is 0 Å². The monoisotopic (exact) mass is 340 g/mol. The van der Waals surface area contributed by atoms with Crippen LogP contribution >= 0.6 is 0 Å². The molecule has 25 heavy (non-hydrogen) atoms. The van der Waals surface area contributed by atoms with Crippen molar-refractivity contribution in [3.8, 4) is 0 Å². The maximum atomic E-state index is 12.6. The van der Waals surface area contributed by atoms with E-state index in [4.69, 9.17) is 4.74 Å². The van der Waals surface area contributed by atoms with Crippen LogP contribution in [0.25, 0.3) is 0 Å². The molecule has 132 valence electrons. The van der Waals surface area contributed by atoms with E-state index in [1.807, 2.05) is 47.1 Å². The van der Waals surface area contributed by atoms with Gasteiger partial charge in [0.15, 0.2) is 0 Å². The lowest BCUT2D eigenvalue weighted by atomic mass is 10.1. The molecule has 0 radical (unpaired) electrons. The predicted octanol–water partition coefficient (Wildman–Crippen LogP) is 2.38. The third-order valence-electron chi connectivity index (χ3n) is 4.92. The number of amides is 1. The van der Waals surface area contributed by atoms with Gasteiger partial charge >= 0.3 is 0 Å². The van der Waals surface area contributed by atoms with Crippen molar-refractivity contribution in [3.63, 3.8) is 0 Å². The lowest BCUT2D eigenvalue weighted by Crippen LogP contribution is -2.40. The van der Waals surface area contributed by atoms with E-state index in [1.165, 1.54) is 24.1 Å². The lowest BCUT2D eigenvalue weighted by Gasteiger charge is -2.27. The Bertz CT molecular complexity index is 761. The highest BCUT2D eigenvalue weighted by Crippen LogP contribution is 2.41. The summed E-state index contributed by atoms with van der Waals surface area (Å²) in [5, 5.41) is 7.85. The molecule has 2 aliphatic rings. The van der Waals surface area contributed by atoms with E-state index in [1.54, 1.807) is 0 Å². The highest BCUT2D eigenvalue weighted by molar-refractivity contribution is 5.95. The van der Waals surface area contributed by atoms with E-state index in [0.29, 0.717) is 32.2 Å². The van der Waals surface area contributed by atoms with Crippen LogP contribution < -0.4 is 5.32 Å². The maximum absolute atomic E-state index is 12.6. The average Bonchev–Trinajstić information content (AvgIpc) is 3.43. The molecule has 1 aliphatic heterocycles. The van der Waals surface area contributed by atoms with Crippen molar-refractivity contribution in [2.24, 2.45) is 7.05 Å². The normalized spacial score (nSPS) is 17.6. The van der Waals surface area contributed by atoms with Crippen molar-refractivity contribution < 1.29 is 9.53 Å². The fourth-order valence-electron chi connectivity index (χ4n) is 3.42. The van der Waals surface area contributed by atoms with Crippen LogP contribution in [0.3, 0.4) is 0 Å². The van der Waals surface area contributed by atoms with Crippen LogP contribution in [-0.2, 0) is 18.3 Å². The molecule has 6 heteroatoms. The molecule has 0 atom stereocenters. The van der Waals surface area contributed by atoms with Gasteiger partial charge in [0.2, 0.25) is 0 Å². The highest BCUT2D eigenvalue weighted by Gasteiger charge is 2.29. The second kappa shape index (κ2) is 6.88. The number of nitrogens with one attached hydrogen (secondary N) is 1. The number of hydrogen-bond acceptors (Lipinski definition) is 4. The zero-order chi connectivity index (χ0) is 17.2. The summed E-state index contributed by atoms with van der Waals surface area (Å²) < 4.78 is 7.31. The first-order valence-corrected chi connectivity index (χ1v) is 8.94. The second-order valence-corrected chi connectivity index (χ2v) is 6.79. The van der Waals surface area contributed by atoms with Gasteiger partial charge in [-0.05, 0) is 31.0 Å². The minimum Gasteiger partial charge on any atom is -0.381 e. The third-order valence-corrected chi connectivity index (χ3v) is 4.92. The Morgan fingerprint density at radius 1 is 1.32 bits per heavy atom. The molecule has 0 spiro atoms. The van der Waals surface area contributed by atoms with Gasteiger partial charge in [-0.2, -0.15) is 5.10 Å². The molecule has 1 aliphatic carbocycles. The molecule has 2 fully saturated rings. The lowest BCUT2D eigenvalue weighted by molar-refractivity contribution is 0.0303. The molecule has 2 aromatic rings. The van der Waals surface area contributed by atoms with Crippen LogP contribution in [0, 0.1) is 0 Å². The number of benzene rings is 1. The summed E-state index contributed by atoms with van der Waals surface area (Å²) in [6.45, 7) is 3.30. The number of aromatic nitrogens is 2. The van der Waals surface area contributed by atoms with E-state index in [-0.39, 0.29) is 5.91 Å². The van der Waals surface area contributed by atoms with Gasteiger partial charge in [0.05, 0.1) is 19.4 Å². The zero-order valence-corrected chi connectivity index (χ0v) is 14.6. The summed E-state index contributed by atoms with van der Waals surface area (Å²) in [5.41, 5.74) is 4.27. The number of hydrogen-bond donors (Lipinski definition) is 1. The summed E-state index contributed by atoms with van der Waals surface area (Å²) in [5.74, 6) is 0.741. The minimum atomic E-state index is 0.0759. The molecule has 2 heterocycles. The van der Waals surface area contributed by atoms with Crippen molar-refractivity contribution in [3.05, 3.63) is 47.3 Å². The number of nitrogens with zero attached hydrogens (tertiary/aromatic N) is 3. The van der Waals surface area contributed by atoms with Gasteiger partial charge in [0.25, 0.3) is 5.91 Å². The molecule has 1 saturated carbocycles. The van der Waals surface area contributed by atoms with Crippen molar-refractivity contribution in [1.29, 1.82) is 0 Å². The first kappa shape index (κ1) is 16.1. The molecule has 1 N–H and O–H groups in total. The predicted molar refractivity (Wildman–Crippen MR) is 95.7 cm³/mol. The average molecular weight is 340 g/mol. The molecule has 1 aromatic carbocycles. The topological polar surface area (TPSA) is 59.4 Å². The largest absolute Gasteiger partial charge is 0.381 e. The van der Waals surface area contributed by atoms with Crippen molar-refractivity contribution in [2.75, 3.05) is 31.6 Å². The van der Waals surface area contributed by atoms with Gasteiger partial charge in [0, 0.05) is 55.1 Å². The highest BCUT2D eigenvalue weighted by atomic mass is 16.5. The van der Waals surface area contributed by atoms with E-state index in [9.17, 15) is 4.79 Å².